The number of hydrogen-bond donors (Lipinski definition) is 1. The molecule has 0 radical (unpaired) electrons. The molecule has 0 aliphatic rings. The predicted octanol–water partition coefficient (Wildman–Crippen LogP) is 4.22. The zero-order chi connectivity index (χ0) is 18.6. The Morgan fingerprint density at radius 2 is 1.85 bits per heavy atom. The van der Waals surface area contributed by atoms with Crippen LogP contribution in [0.3, 0.4) is 0 Å². The van der Waals surface area contributed by atoms with Crippen molar-refractivity contribution in [1.29, 1.82) is 0 Å². The van der Waals surface area contributed by atoms with Gasteiger partial charge in [-0.05, 0) is 48.5 Å². The monoisotopic (exact) mass is 422 g/mol. The molecule has 0 fully saturated rings. The van der Waals surface area contributed by atoms with E-state index < -0.39 is 0 Å². The van der Waals surface area contributed by atoms with E-state index in [4.69, 9.17) is 4.42 Å². The first kappa shape index (κ1) is 17.2. The minimum Gasteiger partial charge on any atom is -0.467 e. The maximum atomic E-state index is 12.3. The van der Waals surface area contributed by atoms with Gasteiger partial charge in [-0.3, -0.25) is 4.79 Å². The molecule has 2 heterocycles. The molecule has 0 atom stereocenters. The van der Waals surface area contributed by atoms with Crippen LogP contribution < -0.4 is 5.32 Å². The van der Waals surface area contributed by atoms with Gasteiger partial charge >= 0.3 is 0 Å². The summed E-state index contributed by atoms with van der Waals surface area (Å²) in [6.07, 6.45) is 3.30. The summed E-state index contributed by atoms with van der Waals surface area (Å²) < 4.78 is 7.97. The van der Waals surface area contributed by atoms with Gasteiger partial charge in [-0.15, -0.1) is 5.10 Å². The Kier molecular flexibility index (Phi) is 4.84. The number of benzene rings is 2. The number of amides is 1. The van der Waals surface area contributed by atoms with Gasteiger partial charge in [0.05, 0.1) is 30.4 Å². The van der Waals surface area contributed by atoms with Gasteiger partial charge in [0.2, 0.25) is 0 Å². The SMILES string of the molecule is O=C(NCc1ccco1)c1ccc(-n2nncc2-c2ccc(Br)cc2)cc1. The minimum atomic E-state index is -0.162. The number of hydrogen-bond acceptors (Lipinski definition) is 4. The molecule has 1 N–H and O–H groups in total. The molecule has 0 spiro atoms. The molecule has 4 rings (SSSR count). The Morgan fingerprint density at radius 3 is 2.56 bits per heavy atom. The molecule has 0 aliphatic heterocycles. The second kappa shape index (κ2) is 7.59. The van der Waals surface area contributed by atoms with E-state index in [0.717, 1.165) is 21.4 Å². The molecule has 6 nitrogen and oxygen atoms in total. The number of carbonyl (C=O) groups excluding carboxylic acids is 1. The second-order valence-corrected chi connectivity index (χ2v) is 6.76. The van der Waals surface area contributed by atoms with Crippen molar-refractivity contribution in [1.82, 2.24) is 20.3 Å². The number of aromatic nitrogens is 3. The van der Waals surface area contributed by atoms with Gasteiger partial charge in [0.15, 0.2) is 0 Å². The number of carbonyl (C=O) groups is 1. The van der Waals surface area contributed by atoms with Crippen molar-refractivity contribution in [2.45, 2.75) is 6.54 Å². The summed E-state index contributed by atoms with van der Waals surface area (Å²) in [7, 11) is 0. The molecule has 4 aromatic rings. The van der Waals surface area contributed by atoms with Gasteiger partial charge in [-0.25, -0.2) is 4.68 Å². The molecule has 2 aromatic carbocycles. The average Bonchev–Trinajstić information content (AvgIpc) is 3.39. The van der Waals surface area contributed by atoms with Crippen molar-refractivity contribution in [3.05, 3.63) is 88.9 Å². The van der Waals surface area contributed by atoms with E-state index in [9.17, 15) is 4.79 Å². The molecular formula is C20H15BrN4O2. The van der Waals surface area contributed by atoms with Crippen LogP contribution in [-0.4, -0.2) is 20.9 Å². The van der Waals surface area contributed by atoms with Crippen LogP contribution in [-0.2, 0) is 6.54 Å². The lowest BCUT2D eigenvalue weighted by molar-refractivity contribution is 0.0948. The Morgan fingerprint density at radius 1 is 1.07 bits per heavy atom. The van der Waals surface area contributed by atoms with E-state index in [1.165, 1.54) is 0 Å². The highest BCUT2D eigenvalue weighted by molar-refractivity contribution is 9.10. The summed E-state index contributed by atoms with van der Waals surface area (Å²) >= 11 is 3.44. The van der Waals surface area contributed by atoms with Crippen LogP contribution in [0.5, 0.6) is 0 Å². The van der Waals surface area contributed by atoms with E-state index in [1.54, 1.807) is 35.3 Å². The Balaban J connectivity index is 1.52. The van der Waals surface area contributed by atoms with E-state index in [1.807, 2.05) is 42.5 Å². The van der Waals surface area contributed by atoms with Crippen LogP contribution in [0, 0.1) is 0 Å². The maximum absolute atomic E-state index is 12.3. The van der Waals surface area contributed by atoms with Gasteiger partial charge in [-0.2, -0.15) is 0 Å². The van der Waals surface area contributed by atoms with Crippen molar-refractivity contribution in [2.24, 2.45) is 0 Å². The van der Waals surface area contributed by atoms with E-state index in [-0.39, 0.29) is 5.91 Å². The third-order valence-corrected chi connectivity index (χ3v) is 4.60. The summed E-state index contributed by atoms with van der Waals surface area (Å²) in [5.41, 5.74) is 3.27. The first-order valence-electron chi connectivity index (χ1n) is 8.28. The van der Waals surface area contributed by atoms with E-state index in [0.29, 0.717) is 17.9 Å². The lowest BCUT2D eigenvalue weighted by Crippen LogP contribution is -2.22. The van der Waals surface area contributed by atoms with Crippen molar-refractivity contribution < 1.29 is 9.21 Å². The van der Waals surface area contributed by atoms with Crippen LogP contribution in [0.4, 0.5) is 0 Å². The third kappa shape index (κ3) is 3.83. The summed E-state index contributed by atoms with van der Waals surface area (Å²) in [4.78, 5) is 12.3. The fraction of sp³-hybridized carbons (Fsp3) is 0.0500. The fourth-order valence-corrected chi connectivity index (χ4v) is 2.94. The van der Waals surface area contributed by atoms with Gasteiger partial charge in [0.1, 0.15) is 5.76 Å². The Hall–Kier alpha value is -3.19. The highest BCUT2D eigenvalue weighted by Crippen LogP contribution is 2.23. The standard InChI is InChI=1S/C20H15BrN4O2/c21-16-7-3-14(4-8-16)19-13-23-24-25(19)17-9-5-15(6-10-17)20(26)22-12-18-2-1-11-27-18/h1-11,13H,12H2,(H,22,26). The fourth-order valence-electron chi connectivity index (χ4n) is 2.68. The zero-order valence-electron chi connectivity index (χ0n) is 14.2. The van der Waals surface area contributed by atoms with Gasteiger partial charge in [0.25, 0.3) is 5.91 Å². The van der Waals surface area contributed by atoms with Crippen LogP contribution in [0.25, 0.3) is 16.9 Å². The van der Waals surface area contributed by atoms with Crippen molar-refractivity contribution in [3.8, 4) is 16.9 Å². The number of halogens is 1. The molecule has 134 valence electrons. The maximum Gasteiger partial charge on any atom is 0.251 e. The topological polar surface area (TPSA) is 73.0 Å². The number of rotatable bonds is 5. The third-order valence-electron chi connectivity index (χ3n) is 4.07. The van der Waals surface area contributed by atoms with Crippen LogP contribution in [0.2, 0.25) is 0 Å². The minimum absolute atomic E-state index is 0.162. The smallest absolute Gasteiger partial charge is 0.251 e. The highest BCUT2D eigenvalue weighted by atomic mass is 79.9. The Labute approximate surface area is 164 Å². The summed E-state index contributed by atoms with van der Waals surface area (Å²) in [5.74, 6) is 0.548. The lowest BCUT2D eigenvalue weighted by atomic mass is 10.1. The molecule has 0 saturated heterocycles. The molecule has 7 heteroatoms. The van der Waals surface area contributed by atoms with Crippen LogP contribution in [0.15, 0.2) is 82.0 Å². The molecule has 0 aliphatic carbocycles. The summed E-state index contributed by atoms with van der Waals surface area (Å²) in [5, 5.41) is 11.0. The van der Waals surface area contributed by atoms with Gasteiger partial charge in [0, 0.05) is 15.6 Å². The number of nitrogens with zero attached hydrogens (tertiary/aromatic N) is 3. The number of furan rings is 1. The molecule has 2 aromatic heterocycles. The molecule has 0 unspecified atom stereocenters. The zero-order valence-corrected chi connectivity index (χ0v) is 15.8. The largest absolute Gasteiger partial charge is 0.467 e. The lowest BCUT2D eigenvalue weighted by Gasteiger charge is -2.08. The normalized spacial score (nSPS) is 10.7. The predicted molar refractivity (Wildman–Crippen MR) is 104 cm³/mol. The quantitative estimate of drug-likeness (QED) is 0.522. The molecular weight excluding hydrogens is 408 g/mol. The summed E-state index contributed by atoms with van der Waals surface area (Å²) in [6, 6.07) is 18.8. The van der Waals surface area contributed by atoms with Gasteiger partial charge in [-0.1, -0.05) is 33.3 Å². The van der Waals surface area contributed by atoms with Crippen LogP contribution >= 0.6 is 15.9 Å². The second-order valence-electron chi connectivity index (χ2n) is 5.85. The van der Waals surface area contributed by atoms with Crippen molar-refractivity contribution >= 4 is 21.8 Å². The van der Waals surface area contributed by atoms with Gasteiger partial charge < -0.3 is 9.73 Å². The Bertz CT molecular complexity index is 1040. The van der Waals surface area contributed by atoms with Crippen LogP contribution in [0.1, 0.15) is 16.1 Å². The summed E-state index contributed by atoms with van der Waals surface area (Å²) in [6.45, 7) is 0.352. The number of nitrogens with one attached hydrogen (secondary N) is 1. The molecule has 1 amide bonds. The van der Waals surface area contributed by atoms with Crippen molar-refractivity contribution in [3.63, 3.8) is 0 Å². The highest BCUT2D eigenvalue weighted by Gasteiger charge is 2.11. The first-order valence-corrected chi connectivity index (χ1v) is 9.08. The first-order chi connectivity index (χ1) is 13.2. The molecule has 0 bridgehead atoms. The van der Waals surface area contributed by atoms with E-state index in [2.05, 4.69) is 31.6 Å². The molecule has 27 heavy (non-hydrogen) atoms. The molecule has 0 saturated carbocycles. The van der Waals surface area contributed by atoms with E-state index >= 15 is 0 Å². The average molecular weight is 423 g/mol. The van der Waals surface area contributed by atoms with Crippen molar-refractivity contribution in [2.75, 3.05) is 0 Å².